The van der Waals surface area contributed by atoms with Crippen LogP contribution in [-0.4, -0.2) is 19.1 Å². The molecule has 1 aromatic heterocycles. The van der Waals surface area contributed by atoms with Crippen LogP contribution < -0.4 is 5.32 Å². The molecule has 4 heteroatoms. The van der Waals surface area contributed by atoms with E-state index in [4.69, 9.17) is 9.15 Å². The van der Waals surface area contributed by atoms with Crippen molar-refractivity contribution in [2.45, 2.75) is 25.9 Å². The third kappa shape index (κ3) is 3.39. The summed E-state index contributed by atoms with van der Waals surface area (Å²) in [7, 11) is 0. The van der Waals surface area contributed by atoms with Crippen molar-refractivity contribution in [2.24, 2.45) is 5.92 Å². The lowest BCUT2D eigenvalue weighted by Gasteiger charge is -2.32. The Labute approximate surface area is 130 Å². The summed E-state index contributed by atoms with van der Waals surface area (Å²) in [6.07, 6.45) is 5.12. The lowest BCUT2D eigenvalue weighted by atomic mass is 9.89. The second-order valence-electron chi connectivity index (χ2n) is 5.83. The lowest BCUT2D eigenvalue weighted by molar-refractivity contribution is -0.0272. The molecule has 2 aromatic rings. The highest BCUT2D eigenvalue weighted by atomic mass is 16.5. The summed E-state index contributed by atoms with van der Waals surface area (Å²) in [5.74, 6) is 0.203. The van der Waals surface area contributed by atoms with Gasteiger partial charge in [0, 0.05) is 19.1 Å². The van der Waals surface area contributed by atoms with Gasteiger partial charge in [0.1, 0.15) is 6.26 Å². The lowest BCUT2D eigenvalue weighted by Crippen LogP contribution is -2.35. The molecule has 1 saturated heterocycles. The van der Waals surface area contributed by atoms with Gasteiger partial charge in [0.25, 0.3) is 5.91 Å². The van der Waals surface area contributed by atoms with E-state index in [1.807, 2.05) is 0 Å². The quantitative estimate of drug-likeness (QED) is 0.940. The number of ether oxygens (including phenoxy) is 1. The van der Waals surface area contributed by atoms with Gasteiger partial charge in [0.15, 0.2) is 0 Å². The average molecular weight is 299 g/mol. The maximum absolute atomic E-state index is 12.0. The van der Waals surface area contributed by atoms with Crippen molar-refractivity contribution in [3.63, 3.8) is 0 Å². The first-order valence-electron chi connectivity index (χ1n) is 7.72. The SMILES string of the molecule is Cc1ccc([C@@H]2OCCC[C@@H]2CNC(=O)c2ccoc2)cc1. The van der Waals surface area contributed by atoms with Crippen molar-refractivity contribution in [3.8, 4) is 0 Å². The largest absolute Gasteiger partial charge is 0.472 e. The van der Waals surface area contributed by atoms with Gasteiger partial charge < -0.3 is 14.5 Å². The average Bonchev–Trinajstić information content (AvgIpc) is 3.08. The van der Waals surface area contributed by atoms with Crippen LogP contribution in [-0.2, 0) is 4.74 Å². The molecule has 1 N–H and O–H groups in total. The number of carbonyl (C=O) groups is 1. The van der Waals surface area contributed by atoms with Gasteiger partial charge in [-0.3, -0.25) is 4.79 Å². The van der Waals surface area contributed by atoms with Crippen LogP contribution >= 0.6 is 0 Å². The van der Waals surface area contributed by atoms with Crippen LogP contribution in [0.4, 0.5) is 0 Å². The van der Waals surface area contributed by atoms with Crippen molar-refractivity contribution in [1.82, 2.24) is 5.32 Å². The molecule has 0 bridgehead atoms. The van der Waals surface area contributed by atoms with Crippen molar-refractivity contribution >= 4 is 5.91 Å². The van der Waals surface area contributed by atoms with Crippen LogP contribution in [0.25, 0.3) is 0 Å². The van der Waals surface area contributed by atoms with Gasteiger partial charge in [-0.2, -0.15) is 0 Å². The topological polar surface area (TPSA) is 51.5 Å². The minimum Gasteiger partial charge on any atom is -0.472 e. The summed E-state index contributed by atoms with van der Waals surface area (Å²) in [5.41, 5.74) is 2.99. The van der Waals surface area contributed by atoms with E-state index >= 15 is 0 Å². The summed E-state index contributed by atoms with van der Waals surface area (Å²) in [5, 5.41) is 2.99. The summed E-state index contributed by atoms with van der Waals surface area (Å²) in [4.78, 5) is 12.0. The van der Waals surface area contributed by atoms with Crippen LogP contribution in [0.5, 0.6) is 0 Å². The van der Waals surface area contributed by atoms with E-state index < -0.39 is 0 Å². The van der Waals surface area contributed by atoms with E-state index in [1.54, 1.807) is 6.07 Å². The molecule has 0 saturated carbocycles. The minimum atomic E-state index is -0.0954. The Bertz CT molecular complexity index is 604. The number of hydrogen-bond donors (Lipinski definition) is 1. The van der Waals surface area contributed by atoms with Gasteiger partial charge in [-0.25, -0.2) is 0 Å². The van der Waals surface area contributed by atoms with Gasteiger partial charge >= 0.3 is 0 Å². The molecular formula is C18H21NO3. The summed E-state index contributed by atoms with van der Waals surface area (Å²) >= 11 is 0. The predicted octanol–water partition coefficient (Wildman–Crippen LogP) is 3.49. The molecule has 1 aliphatic heterocycles. The van der Waals surface area contributed by atoms with Gasteiger partial charge in [-0.15, -0.1) is 0 Å². The Morgan fingerprint density at radius 2 is 2.09 bits per heavy atom. The van der Waals surface area contributed by atoms with E-state index in [1.165, 1.54) is 23.7 Å². The highest BCUT2D eigenvalue weighted by Gasteiger charge is 2.27. The van der Waals surface area contributed by atoms with Crippen LogP contribution in [0.1, 0.15) is 40.4 Å². The molecule has 22 heavy (non-hydrogen) atoms. The molecule has 4 nitrogen and oxygen atoms in total. The highest BCUT2D eigenvalue weighted by molar-refractivity contribution is 5.93. The summed E-state index contributed by atoms with van der Waals surface area (Å²) in [6, 6.07) is 10.1. The fourth-order valence-corrected chi connectivity index (χ4v) is 2.90. The zero-order valence-corrected chi connectivity index (χ0v) is 12.7. The van der Waals surface area contributed by atoms with Crippen LogP contribution in [0.15, 0.2) is 47.3 Å². The number of furan rings is 1. The van der Waals surface area contributed by atoms with E-state index in [-0.39, 0.29) is 12.0 Å². The number of rotatable bonds is 4. The standard InChI is InChI=1S/C18H21NO3/c1-13-4-6-14(7-5-13)17-15(3-2-9-22-17)11-19-18(20)16-8-10-21-12-16/h4-8,10,12,15,17H,2-3,9,11H2,1H3,(H,19,20)/t15-,17+/m1/s1. The smallest absolute Gasteiger partial charge is 0.254 e. The molecule has 0 radical (unpaired) electrons. The third-order valence-electron chi connectivity index (χ3n) is 4.16. The van der Waals surface area contributed by atoms with Crippen molar-refractivity contribution in [3.05, 3.63) is 59.5 Å². The number of carbonyl (C=O) groups excluding carboxylic acids is 1. The summed E-state index contributed by atoms with van der Waals surface area (Å²) in [6.45, 7) is 3.47. The van der Waals surface area contributed by atoms with E-state index in [0.29, 0.717) is 18.0 Å². The van der Waals surface area contributed by atoms with Gasteiger partial charge in [-0.1, -0.05) is 29.8 Å². The molecule has 2 heterocycles. The number of amides is 1. The molecule has 116 valence electrons. The van der Waals surface area contributed by atoms with E-state index in [9.17, 15) is 4.79 Å². The molecule has 0 unspecified atom stereocenters. The fraction of sp³-hybridized carbons (Fsp3) is 0.389. The molecule has 2 atom stereocenters. The maximum atomic E-state index is 12.0. The normalized spacial score (nSPS) is 21.5. The zero-order chi connectivity index (χ0) is 15.4. The van der Waals surface area contributed by atoms with Crippen molar-refractivity contribution in [1.29, 1.82) is 0 Å². The van der Waals surface area contributed by atoms with E-state index in [2.05, 4.69) is 36.5 Å². The van der Waals surface area contributed by atoms with Crippen LogP contribution in [0.2, 0.25) is 0 Å². The Kier molecular flexibility index (Phi) is 4.59. The molecule has 1 fully saturated rings. The fourth-order valence-electron chi connectivity index (χ4n) is 2.90. The minimum absolute atomic E-state index is 0.0546. The Hall–Kier alpha value is -2.07. The Balaban J connectivity index is 1.65. The zero-order valence-electron chi connectivity index (χ0n) is 12.7. The van der Waals surface area contributed by atoms with E-state index in [0.717, 1.165) is 19.4 Å². The predicted molar refractivity (Wildman–Crippen MR) is 83.6 cm³/mol. The maximum Gasteiger partial charge on any atom is 0.254 e. The third-order valence-corrected chi connectivity index (χ3v) is 4.16. The molecule has 1 aliphatic rings. The first-order valence-corrected chi connectivity index (χ1v) is 7.72. The molecular weight excluding hydrogens is 278 g/mol. The Morgan fingerprint density at radius 3 is 2.82 bits per heavy atom. The number of hydrogen-bond acceptors (Lipinski definition) is 3. The molecule has 1 amide bonds. The molecule has 3 rings (SSSR count). The molecule has 0 spiro atoms. The number of aryl methyl sites for hydroxylation is 1. The summed E-state index contributed by atoms with van der Waals surface area (Å²) < 4.78 is 10.9. The van der Waals surface area contributed by atoms with Crippen LogP contribution in [0, 0.1) is 12.8 Å². The van der Waals surface area contributed by atoms with Gasteiger partial charge in [-0.05, 0) is 31.4 Å². The second kappa shape index (κ2) is 6.79. The van der Waals surface area contributed by atoms with Crippen molar-refractivity contribution < 1.29 is 13.9 Å². The van der Waals surface area contributed by atoms with Crippen molar-refractivity contribution in [2.75, 3.05) is 13.2 Å². The first kappa shape index (κ1) is 14.9. The second-order valence-corrected chi connectivity index (χ2v) is 5.83. The molecule has 0 aliphatic carbocycles. The molecule has 1 aromatic carbocycles. The van der Waals surface area contributed by atoms with Crippen LogP contribution in [0.3, 0.4) is 0 Å². The Morgan fingerprint density at radius 1 is 1.27 bits per heavy atom. The number of nitrogens with one attached hydrogen (secondary N) is 1. The first-order chi connectivity index (χ1) is 10.7. The van der Waals surface area contributed by atoms with Gasteiger partial charge in [0.05, 0.1) is 17.9 Å². The van der Waals surface area contributed by atoms with Gasteiger partial charge in [0.2, 0.25) is 0 Å². The highest BCUT2D eigenvalue weighted by Crippen LogP contribution is 2.33. The monoisotopic (exact) mass is 299 g/mol. The number of benzene rings is 1.